The summed E-state index contributed by atoms with van der Waals surface area (Å²) in [5.41, 5.74) is 2.66. The van der Waals surface area contributed by atoms with Crippen LogP contribution < -0.4 is 10.1 Å². The molecule has 6 rings (SSSR count). The highest BCUT2D eigenvalue weighted by atomic mass is 35.5. The van der Waals surface area contributed by atoms with E-state index < -0.39 is 0 Å². The second-order valence-electron chi connectivity index (χ2n) is 8.27. The van der Waals surface area contributed by atoms with Gasteiger partial charge >= 0.3 is 0 Å². The number of amides is 1. The van der Waals surface area contributed by atoms with Gasteiger partial charge in [-0.2, -0.15) is 5.10 Å². The Morgan fingerprint density at radius 1 is 1.19 bits per heavy atom. The van der Waals surface area contributed by atoms with E-state index in [0.29, 0.717) is 41.3 Å². The third-order valence-electron chi connectivity index (χ3n) is 5.97. The molecule has 0 aliphatic carbocycles. The van der Waals surface area contributed by atoms with E-state index >= 15 is 0 Å². The van der Waals surface area contributed by atoms with Crippen LogP contribution in [0.1, 0.15) is 10.4 Å². The number of alkyl halides is 1. The molecule has 0 unspecified atom stereocenters. The predicted molar refractivity (Wildman–Crippen MR) is 144 cm³/mol. The molecule has 1 aliphatic rings. The van der Waals surface area contributed by atoms with E-state index in [4.69, 9.17) is 27.9 Å². The lowest BCUT2D eigenvalue weighted by atomic mass is 10.0. The molecule has 5 heterocycles. The summed E-state index contributed by atoms with van der Waals surface area (Å²) < 4.78 is 7.59. The molecule has 1 aromatic carbocycles. The van der Waals surface area contributed by atoms with Gasteiger partial charge in [0.05, 0.1) is 23.2 Å². The molecule has 1 aliphatic heterocycles. The SMILES string of the molecule is O=C(/C=C/CCl)N1CCc2c(sc3ncnc(Nc4ccc(Oc5ccc6ncnn6c5)c(Cl)c4)c23)C1. The zero-order valence-corrected chi connectivity index (χ0v) is 21.6. The highest BCUT2D eigenvalue weighted by Crippen LogP contribution is 2.39. The maximum absolute atomic E-state index is 12.4. The quantitative estimate of drug-likeness (QED) is 0.216. The molecule has 9 nitrogen and oxygen atoms in total. The number of pyridine rings is 1. The monoisotopic (exact) mass is 551 g/mol. The average molecular weight is 552 g/mol. The first-order valence-electron chi connectivity index (χ1n) is 11.4. The molecular formula is C25H19Cl2N7O2S. The highest BCUT2D eigenvalue weighted by Gasteiger charge is 2.25. The largest absolute Gasteiger partial charge is 0.454 e. The number of nitrogens with zero attached hydrogens (tertiary/aromatic N) is 6. The van der Waals surface area contributed by atoms with Crippen molar-refractivity contribution in [3.63, 3.8) is 0 Å². The number of aromatic nitrogens is 5. The average Bonchev–Trinajstić information content (AvgIpc) is 3.53. The fraction of sp³-hybridized carbons (Fsp3) is 0.160. The molecule has 0 fully saturated rings. The number of allylic oxidation sites excluding steroid dienone is 1. The van der Waals surface area contributed by atoms with E-state index in [2.05, 4.69) is 25.4 Å². The van der Waals surface area contributed by atoms with Crippen LogP contribution in [0.15, 0.2) is 61.3 Å². The Kier molecular flexibility index (Phi) is 6.37. The fourth-order valence-electron chi connectivity index (χ4n) is 4.24. The molecule has 1 N–H and O–H groups in total. The number of benzene rings is 1. The maximum Gasteiger partial charge on any atom is 0.246 e. The van der Waals surface area contributed by atoms with Crippen LogP contribution in [0.25, 0.3) is 15.9 Å². The second kappa shape index (κ2) is 9.97. The molecule has 12 heteroatoms. The lowest BCUT2D eigenvalue weighted by Gasteiger charge is -2.26. The first kappa shape index (κ1) is 23.7. The van der Waals surface area contributed by atoms with Crippen LogP contribution >= 0.6 is 34.5 Å². The normalized spacial score (nSPS) is 13.4. The number of rotatable bonds is 6. The first-order valence-corrected chi connectivity index (χ1v) is 13.1. The van der Waals surface area contributed by atoms with Gasteiger partial charge < -0.3 is 15.0 Å². The Bertz CT molecular complexity index is 1670. The minimum Gasteiger partial charge on any atom is -0.454 e. The Morgan fingerprint density at radius 3 is 2.97 bits per heavy atom. The van der Waals surface area contributed by atoms with Crippen LogP contribution in [0.5, 0.6) is 11.5 Å². The standard InChI is InChI=1S/C25H19Cl2N7O2S/c26-8-1-2-22(35)33-9-7-17-20(12-33)37-25-23(17)24(29-13-30-25)32-15-3-5-19(18(27)10-15)36-16-4-6-21-28-14-31-34(21)11-16/h1-6,10-11,13-14H,7-9,12H2,(H,29,30,32)/b2-1+. The molecule has 37 heavy (non-hydrogen) atoms. The molecule has 4 aromatic heterocycles. The van der Waals surface area contributed by atoms with Crippen molar-refractivity contribution in [2.75, 3.05) is 17.7 Å². The molecule has 5 aromatic rings. The summed E-state index contributed by atoms with van der Waals surface area (Å²) in [6.07, 6.45) is 8.68. The van der Waals surface area contributed by atoms with E-state index in [-0.39, 0.29) is 5.91 Å². The van der Waals surface area contributed by atoms with E-state index in [0.717, 1.165) is 32.8 Å². The summed E-state index contributed by atoms with van der Waals surface area (Å²) in [4.78, 5) is 29.4. The Hall–Kier alpha value is -3.73. The summed E-state index contributed by atoms with van der Waals surface area (Å²) in [5, 5.41) is 8.93. The summed E-state index contributed by atoms with van der Waals surface area (Å²) in [6.45, 7) is 1.16. The number of ether oxygens (including phenoxy) is 1. The summed E-state index contributed by atoms with van der Waals surface area (Å²) in [7, 11) is 0. The molecule has 0 saturated heterocycles. The van der Waals surface area contributed by atoms with Gasteiger partial charge in [-0.05, 0) is 42.3 Å². The zero-order valence-electron chi connectivity index (χ0n) is 19.3. The van der Waals surface area contributed by atoms with Gasteiger partial charge in [-0.25, -0.2) is 19.5 Å². The first-order chi connectivity index (χ1) is 18.1. The van der Waals surface area contributed by atoms with Crippen molar-refractivity contribution in [3.8, 4) is 11.5 Å². The fourth-order valence-corrected chi connectivity index (χ4v) is 5.76. The Labute approximate surface area is 225 Å². The minimum absolute atomic E-state index is 0.0358. The maximum atomic E-state index is 12.4. The van der Waals surface area contributed by atoms with Gasteiger partial charge in [-0.3, -0.25) is 4.79 Å². The molecule has 0 radical (unpaired) electrons. The summed E-state index contributed by atoms with van der Waals surface area (Å²) >= 11 is 13.8. The van der Waals surface area contributed by atoms with E-state index in [9.17, 15) is 4.79 Å². The number of thiophene rings is 1. The number of carbonyl (C=O) groups excluding carboxylic acids is 1. The summed E-state index contributed by atoms with van der Waals surface area (Å²) in [5.74, 6) is 2.08. The van der Waals surface area contributed by atoms with Crippen molar-refractivity contribution in [2.24, 2.45) is 0 Å². The highest BCUT2D eigenvalue weighted by molar-refractivity contribution is 7.19. The van der Waals surface area contributed by atoms with Crippen molar-refractivity contribution >= 4 is 67.8 Å². The molecular weight excluding hydrogens is 533 g/mol. The molecule has 186 valence electrons. The van der Waals surface area contributed by atoms with Gasteiger partial charge in [0.1, 0.15) is 34.8 Å². The number of anilines is 2. The van der Waals surface area contributed by atoms with Gasteiger partial charge in [0.15, 0.2) is 5.65 Å². The minimum atomic E-state index is -0.0358. The third-order valence-corrected chi connectivity index (χ3v) is 7.57. The van der Waals surface area contributed by atoms with Gasteiger partial charge in [-0.15, -0.1) is 22.9 Å². The van der Waals surface area contributed by atoms with Crippen LogP contribution in [-0.4, -0.2) is 47.8 Å². The number of fused-ring (bicyclic) bond motifs is 4. The molecule has 0 atom stereocenters. The Balaban J connectivity index is 1.23. The van der Waals surface area contributed by atoms with Gasteiger partial charge in [0, 0.05) is 29.1 Å². The third kappa shape index (κ3) is 4.71. The molecule has 0 bridgehead atoms. The van der Waals surface area contributed by atoms with Gasteiger partial charge in [0.2, 0.25) is 5.91 Å². The Morgan fingerprint density at radius 2 is 2.11 bits per heavy atom. The summed E-state index contributed by atoms with van der Waals surface area (Å²) in [6, 6.07) is 9.11. The number of halogens is 2. The zero-order chi connectivity index (χ0) is 25.4. The van der Waals surface area contributed by atoms with E-state index in [1.54, 1.807) is 40.3 Å². The number of nitrogens with one attached hydrogen (secondary N) is 1. The lowest BCUT2D eigenvalue weighted by Crippen LogP contribution is -2.34. The van der Waals surface area contributed by atoms with Crippen molar-refractivity contribution in [3.05, 3.63) is 76.8 Å². The van der Waals surface area contributed by atoms with Crippen LogP contribution in [0.4, 0.5) is 11.5 Å². The van der Waals surface area contributed by atoms with E-state index in [1.165, 1.54) is 24.3 Å². The molecule has 0 spiro atoms. The number of carbonyl (C=O) groups is 1. The predicted octanol–water partition coefficient (Wildman–Crippen LogP) is 5.60. The second-order valence-corrected chi connectivity index (χ2v) is 10.1. The smallest absolute Gasteiger partial charge is 0.246 e. The van der Waals surface area contributed by atoms with Crippen LogP contribution in [0, 0.1) is 0 Å². The van der Waals surface area contributed by atoms with Crippen molar-refractivity contribution in [2.45, 2.75) is 13.0 Å². The van der Waals surface area contributed by atoms with Crippen molar-refractivity contribution in [1.29, 1.82) is 0 Å². The van der Waals surface area contributed by atoms with Crippen LogP contribution in [0.2, 0.25) is 5.02 Å². The lowest BCUT2D eigenvalue weighted by molar-refractivity contribution is -0.126. The topological polar surface area (TPSA) is 97.5 Å². The molecule has 1 amide bonds. The van der Waals surface area contributed by atoms with Crippen LogP contribution in [-0.2, 0) is 17.8 Å². The number of hydrogen-bond acceptors (Lipinski definition) is 8. The van der Waals surface area contributed by atoms with E-state index in [1.807, 2.05) is 23.1 Å². The van der Waals surface area contributed by atoms with Crippen LogP contribution in [0.3, 0.4) is 0 Å². The van der Waals surface area contributed by atoms with Crippen molar-refractivity contribution < 1.29 is 9.53 Å². The molecule has 0 saturated carbocycles. The number of hydrogen-bond donors (Lipinski definition) is 1. The van der Waals surface area contributed by atoms with Gasteiger partial charge in [-0.1, -0.05) is 17.7 Å². The van der Waals surface area contributed by atoms with Gasteiger partial charge in [0.25, 0.3) is 0 Å². The van der Waals surface area contributed by atoms with Crippen molar-refractivity contribution in [1.82, 2.24) is 29.5 Å².